The zero-order chi connectivity index (χ0) is 20.5. The van der Waals surface area contributed by atoms with Crippen LogP contribution >= 0.6 is 11.3 Å². The van der Waals surface area contributed by atoms with Crippen LogP contribution in [0.15, 0.2) is 48.5 Å². The Balaban J connectivity index is 1.18. The Morgan fingerprint density at radius 1 is 1.03 bits per heavy atom. The van der Waals surface area contributed by atoms with Crippen molar-refractivity contribution in [1.82, 2.24) is 9.88 Å². The molecule has 154 valence electrons. The minimum absolute atomic E-state index is 0.0772. The first kappa shape index (κ1) is 19.2. The quantitative estimate of drug-likeness (QED) is 0.701. The molecule has 7 heteroatoms. The van der Waals surface area contributed by atoms with Crippen molar-refractivity contribution < 1.29 is 14.5 Å². The standard InChI is InChI=1S/C23H24N4O2S/c28-22-6-3-11-27(22)18-9-7-17(8-10-18)23(29)26-14-12-25(13-15-26)16-21-24-19-4-1-2-5-20(19)30-21/h1-2,4-5,7-10H,3,6,11-16H2/p+1. The summed E-state index contributed by atoms with van der Waals surface area (Å²) >= 11 is 1.77. The summed E-state index contributed by atoms with van der Waals surface area (Å²) in [5.41, 5.74) is 2.66. The topological polar surface area (TPSA) is 58.0 Å². The zero-order valence-corrected chi connectivity index (χ0v) is 17.7. The van der Waals surface area contributed by atoms with Crippen molar-refractivity contribution in [2.24, 2.45) is 0 Å². The van der Waals surface area contributed by atoms with E-state index in [1.54, 1.807) is 16.2 Å². The van der Waals surface area contributed by atoms with E-state index in [-0.39, 0.29) is 11.8 Å². The fourth-order valence-corrected chi connectivity index (χ4v) is 5.34. The molecular weight excluding hydrogens is 396 g/mol. The second kappa shape index (κ2) is 8.16. The number of nitrogens with one attached hydrogen (secondary N) is 1. The van der Waals surface area contributed by atoms with Gasteiger partial charge in [-0.2, -0.15) is 0 Å². The molecule has 3 heterocycles. The van der Waals surface area contributed by atoms with Gasteiger partial charge >= 0.3 is 0 Å². The van der Waals surface area contributed by atoms with Crippen molar-refractivity contribution in [3.8, 4) is 0 Å². The van der Waals surface area contributed by atoms with Crippen molar-refractivity contribution in [1.29, 1.82) is 0 Å². The molecular formula is C23H25N4O2S+. The normalized spacial score (nSPS) is 17.8. The van der Waals surface area contributed by atoms with Crippen LogP contribution in [0.5, 0.6) is 0 Å². The summed E-state index contributed by atoms with van der Waals surface area (Å²) in [6, 6.07) is 15.7. The third-order valence-electron chi connectivity index (χ3n) is 6.00. The number of quaternary nitrogens is 1. The number of fused-ring (bicyclic) bond motifs is 1. The van der Waals surface area contributed by atoms with Crippen LogP contribution in [0, 0.1) is 0 Å². The molecule has 0 radical (unpaired) electrons. The number of rotatable bonds is 4. The van der Waals surface area contributed by atoms with Gasteiger partial charge in [-0.3, -0.25) is 9.59 Å². The van der Waals surface area contributed by atoms with E-state index in [1.165, 1.54) is 9.60 Å². The smallest absolute Gasteiger partial charge is 0.254 e. The maximum absolute atomic E-state index is 12.9. The van der Waals surface area contributed by atoms with Crippen molar-refractivity contribution in [3.05, 3.63) is 59.1 Å². The van der Waals surface area contributed by atoms with Gasteiger partial charge in [0.05, 0.1) is 36.4 Å². The molecule has 0 aliphatic carbocycles. The van der Waals surface area contributed by atoms with E-state index < -0.39 is 0 Å². The molecule has 2 fully saturated rings. The first-order valence-corrected chi connectivity index (χ1v) is 11.4. The fraction of sp³-hybridized carbons (Fsp3) is 0.348. The van der Waals surface area contributed by atoms with E-state index in [4.69, 9.17) is 4.98 Å². The number of thiazole rings is 1. The molecule has 1 N–H and O–H groups in total. The molecule has 0 spiro atoms. The van der Waals surface area contributed by atoms with Crippen LogP contribution < -0.4 is 9.80 Å². The van der Waals surface area contributed by atoms with Gasteiger partial charge in [-0.05, 0) is 42.8 Å². The molecule has 2 saturated heterocycles. The lowest BCUT2D eigenvalue weighted by atomic mass is 10.1. The van der Waals surface area contributed by atoms with E-state index in [1.807, 2.05) is 35.2 Å². The van der Waals surface area contributed by atoms with Crippen molar-refractivity contribution in [2.45, 2.75) is 19.4 Å². The largest absolute Gasteiger partial charge is 0.327 e. The first-order chi connectivity index (χ1) is 14.7. The Morgan fingerprint density at radius 3 is 2.50 bits per heavy atom. The number of amides is 2. The van der Waals surface area contributed by atoms with Gasteiger partial charge in [0.15, 0.2) is 0 Å². The number of anilines is 1. The van der Waals surface area contributed by atoms with E-state index in [0.29, 0.717) is 12.0 Å². The van der Waals surface area contributed by atoms with E-state index >= 15 is 0 Å². The van der Waals surface area contributed by atoms with Gasteiger partial charge in [-0.1, -0.05) is 12.1 Å². The van der Waals surface area contributed by atoms with Crippen LogP contribution in [0.25, 0.3) is 10.2 Å². The average Bonchev–Trinajstić information content (AvgIpc) is 3.39. The van der Waals surface area contributed by atoms with Gasteiger partial charge in [0.1, 0.15) is 11.6 Å². The third kappa shape index (κ3) is 3.82. The van der Waals surface area contributed by atoms with E-state index in [2.05, 4.69) is 18.2 Å². The maximum atomic E-state index is 12.9. The molecule has 1 aromatic heterocycles. The summed E-state index contributed by atoms with van der Waals surface area (Å²) in [7, 11) is 0. The lowest BCUT2D eigenvalue weighted by Gasteiger charge is -2.32. The molecule has 0 bridgehead atoms. The number of carbonyl (C=O) groups is 2. The molecule has 3 aromatic rings. The molecule has 30 heavy (non-hydrogen) atoms. The number of benzene rings is 2. The predicted molar refractivity (Wildman–Crippen MR) is 118 cm³/mol. The molecule has 2 aliphatic heterocycles. The first-order valence-electron chi connectivity index (χ1n) is 10.5. The Labute approximate surface area is 179 Å². The number of piperazine rings is 1. The summed E-state index contributed by atoms with van der Waals surface area (Å²) in [6.07, 6.45) is 1.52. The number of carbonyl (C=O) groups excluding carboxylic acids is 2. The van der Waals surface area contributed by atoms with Crippen molar-refractivity contribution >= 4 is 39.1 Å². The van der Waals surface area contributed by atoms with Crippen LogP contribution in [0.1, 0.15) is 28.2 Å². The lowest BCUT2D eigenvalue weighted by Crippen LogP contribution is -3.13. The molecule has 5 rings (SSSR count). The van der Waals surface area contributed by atoms with Crippen LogP contribution in [-0.4, -0.2) is 54.4 Å². The number of aromatic nitrogens is 1. The van der Waals surface area contributed by atoms with Gasteiger partial charge < -0.3 is 14.7 Å². The summed E-state index contributed by atoms with van der Waals surface area (Å²) < 4.78 is 1.24. The van der Waals surface area contributed by atoms with Gasteiger partial charge in [-0.15, -0.1) is 11.3 Å². The average molecular weight is 422 g/mol. The third-order valence-corrected chi connectivity index (χ3v) is 7.03. The van der Waals surface area contributed by atoms with E-state index in [0.717, 1.165) is 61.9 Å². The molecule has 2 aliphatic rings. The van der Waals surface area contributed by atoms with E-state index in [9.17, 15) is 9.59 Å². The molecule has 0 atom stereocenters. The Kier molecular flexibility index (Phi) is 5.23. The van der Waals surface area contributed by atoms with Crippen LogP contribution in [0.4, 0.5) is 5.69 Å². The monoisotopic (exact) mass is 421 g/mol. The predicted octanol–water partition coefficient (Wildman–Crippen LogP) is 1.96. The highest BCUT2D eigenvalue weighted by Gasteiger charge is 2.26. The Morgan fingerprint density at radius 2 is 1.80 bits per heavy atom. The second-order valence-corrected chi connectivity index (χ2v) is 9.11. The second-order valence-electron chi connectivity index (χ2n) is 7.99. The number of nitrogens with zero attached hydrogens (tertiary/aromatic N) is 3. The van der Waals surface area contributed by atoms with Crippen molar-refractivity contribution in [3.63, 3.8) is 0 Å². The maximum Gasteiger partial charge on any atom is 0.254 e. The highest BCUT2D eigenvalue weighted by atomic mass is 32.1. The van der Waals surface area contributed by atoms with Gasteiger partial charge in [0.25, 0.3) is 5.91 Å². The summed E-state index contributed by atoms with van der Waals surface area (Å²) in [5, 5.41) is 1.16. The Bertz CT molecular complexity index is 1040. The van der Waals surface area contributed by atoms with Crippen LogP contribution in [0.2, 0.25) is 0 Å². The SMILES string of the molecule is O=C(c1ccc(N2CCCC2=O)cc1)N1CC[NH+](Cc2nc3ccccc3s2)CC1. The lowest BCUT2D eigenvalue weighted by molar-refractivity contribution is -0.917. The summed E-state index contributed by atoms with van der Waals surface area (Å²) in [5.74, 6) is 0.245. The summed E-state index contributed by atoms with van der Waals surface area (Å²) in [6.45, 7) is 5.06. The highest BCUT2D eigenvalue weighted by Crippen LogP contribution is 2.22. The molecule has 6 nitrogen and oxygen atoms in total. The number of hydrogen-bond donors (Lipinski definition) is 1. The van der Waals surface area contributed by atoms with Gasteiger partial charge in [0.2, 0.25) is 5.91 Å². The number of hydrogen-bond acceptors (Lipinski definition) is 4. The van der Waals surface area contributed by atoms with Crippen LogP contribution in [0.3, 0.4) is 0 Å². The highest BCUT2D eigenvalue weighted by molar-refractivity contribution is 7.18. The van der Waals surface area contributed by atoms with Gasteiger partial charge in [0, 0.05) is 24.2 Å². The van der Waals surface area contributed by atoms with Gasteiger partial charge in [-0.25, -0.2) is 4.98 Å². The molecule has 0 unspecified atom stereocenters. The summed E-state index contributed by atoms with van der Waals surface area (Å²) in [4.78, 5) is 34.8. The molecule has 2 amide bonds. The van der Waals surface area contributed by atoms with Crippen molar-refractivity contribution in [2.75, 3.05) is 37.6 Å². The Hall–Kier alpha value is -2.77. The van der Waals surface area contributed by atoms with Crippen LogP contribution in [-0.2, 0) is 11.3 Å². The fourth-order valence-electron chi connectivity index (χ4n) is 4.30. The minimum Gasteiger partial charge on any atom is -0.327 e. The molecule has 0 saturated carbocycles. The molecule has 2 aromatic carbocycles. The number of para-hydroxylation sites is 1. The zero-order valence-electron chi connectivity index (χ0n) is 16.8. The minimum atomic E-state index is 0.0772.